The molecule has 1 heterocycles. The molecule has 21 heavy (non-hydrogen) atoms. The highest BCUT2D eigenvalue weighted by atomic mass is 19.3. The van der Waals surface area contributed by atoms with Crippen LogP contribution < -0.4 is 10.1 Å². The van der Waals surface area contributed by atoms with Crippen molar-refractivity contribution in [3.8, 4) is 5.75 Å². The molecule has 1 N–H and O–H groups in total. The molecule has 1 aromatic rings. The van der Waals surface area contributed by atoms with Gasteiger partial charge in [0.2, 0.25) is 0 Å². The molecular formula is C16H24F2N2O. The van der Waals surface area contributed by atoms with Crippen LogP contribution in [0.3, 0.4) is 0 Å². The van der Waals surface area contributed by atoms with Crippen LogP contribution in [-0.2, 0) is 0 Å². The lowest BCUT2D eigenvalue weighted by atomic mass is 9.80. The number of nitrogens with one attached hydrogen (secondary N) is 1. The van der Waals surface area contributed by atoms with E-state index in [1.165, 1.54) is 0 Å². The molecule has 118 valence electrons. The average molecular weight is 298 g/mol. The van der Waals surface area contributed by atoms with Crippen molar-refractivity contribution in [3.63, 3.8) is 0 Å². The average Bonchev–Trinajstić information content (AvgIpc) is 2.40. The van der Waals surface area contributed by atoms with Gasteiger partial charge in [0.15, 0.2) is 0 Å². The summed E-state index contributed by atoms with van der Waals surface area (Å²) in [6.07, 6.45) is 0. The fourth-order valence-electron chi connectivity index (χ4n) is 3.06. The van der Waals surface area contributed by atoms with Crippen LogP contribution in [0.4, 0.5) is 8.78 Å². The van der Waals surface area contributed by atoms with Crippen LogP contribution >= 0.6 is 0 Å². The van der Waals surface area contributed by atoms with E-state index in [-0.39, 0.29) is 17.2 Å². The molecule has 0 aliphatic carbocycles. The number of benzene rings is 1. The molecule has 0 radical (unpaired) electrons. The Balaban J connectivity index is 2.36. The summed E-state index contributed by atoms with van der Waals surface area (Å²) in [5.41, 5.74) is 0.769. The minimum atomic E-state index is -2.80. The summed E-state index contributed by atoms with van der Waals surface area (Å²) in [5.74, 6) is 0.283. The van der Waals surface area contributed by atoms with E-state index in [2.05, 4.69) is 31.0 Å². The van der Waals surface area contributed by atoms with Crippen molar-refractivity contribution in [2.24, 2.45) is 5.41 Å². The number of piperazine rings is 1. The van der Waals surface area contributed by atoms with Crippen LogP contribution in [0.1, 0.15) is 32.4 Å². The normalized spacial score (nSPS) is 18.8. The van der Waals surface area contributed by atoms with E-state index < -0.39 is 6.61 Å². The molecule has 0 amide bonds. The number of ether oxygens (including phenoxy) is 1. The SMILES string of the molecule is CC(C)(C)[C@H](c1ccccc1OC(F)F)N1CCNCC1. The highest BCUT2D eigenvalue weighted by molar-refractivity contribution is 5.37. The van der Waals surface area contributed by atoms with Gasteiger partial charge in [0.25, 0.3) is 0 Å². The Labute approximate surface area is 125 Å². The first kappa shape index (κ1) is 16.2. The number of hydrogen-bond acceptors (Lipinski definition) is 3. The second-order valence-electron chi connectivity index (χ2n) is 6.47. The third-order valence-electron chi connectivity index (χ3n) is 3.77. The highest BCUT2D eigenvalue weighted by Gasteiger charge is 2.34. The number of rotatable bonds is 4. The quantitative estimate of drug-likeness (QED) is 0.923. The predicted molar refractivity (Wildman–Crippen MR) is 79.7 cm³/mol. The summed E-state index contributed by atoms with van der Waals surface area (Å²) < 4.78 is 30.1. The maximum atomic E-state index is 12.7. The summed E-state index contributed by atoms with van der Waals surface area (Å²) in [5, 5.41) is 3.33. The third kappa shape index (κ3) is 4.14. The number of hydrogen-bond donors (Lipinski definition) is 1. The van der Waals surface area contributed by atoms with E-state index in [1.807, 2.05) is 12.1 Å². The van der Waals surface area contributed by atoms with Crippen LogP contribution in [0.15, 0.2) is 24.3 Å². The molecule has 1 atom stereocenters. The summed E-state index contributed by atoms with van der Waals surface area (Å²) in [7, 11) is 0. The van der Waals surface area contributed by atoms with E-state index >= 15 is 0 Å². The zero-order valence-electron chi connectivity index (χ0n) is 12.9. The Morgan fingerprint density at radius 2 is 1.76 bits per heavy atom. The number of alkyl halides is 2. The van der Waals surface area contributed by atoms with Gasteiger partial charge in [-0.1, -0.05) is 39.0 Å². The van der Waals surface area contributed by atoms with E-state index in [4.69, 9.17) is 4.74 Å². The van der Waals surface area contributed by atoms with Gasteiger partial charge in [-0.3, -0.25) is 4.90 Å². The van der Waals surface area contributed by atoms with Crippen molar-refractivity contribution < 1.29 is 13.5 Å². The summed E-state index contributed by atoms with van der Waals surface area (Å²) in [6.45, 7) is 7.27. The number of halogens is 2. The van der Waals surface area contributed by atoms with Crippen LogP contribution in [-0.4, -0.2) is 37.7 Å². The van der Waals surface area contributed by atoms with E-state index in [1.54, 1.807) is 12.1 Å². The largest absolute Gasteiger partial charge is 0.434 e. The molecule has 1 aliphatic heterocycles. The Bertz CT molecular complexity index is 454. The first-order chi connectivity index (χ1) is 9.89. The van der Waals surface area contributed by atoms with Gasteiger partial charge in [-0.05, 0) is 11.5 Å². The van der Waals surface area contributed by atoms with Gasteiger partial charge in [0.05, 0.1) is 0 Å². The fraction of sp³-hybridized carbons (Fsp3) is 0.625. The maximum absolute atomic E-state index is 12.7. The van der Waals surface area contributed by atoms with Crippen LogP contribution in [0, 0.1) is 5.41 Å². The van der Waals surface area contributed by atoms with Gasteiger partial charge >= 0.3 is 6.61 Å². The van der Waals surface area contributed by atoms with Crippen LogP contribution in [0.25, 0.3) is 0 Å². The van der Waals surface area contributed by atoms with Crippen LogP contribution in [0.5, 0.6) is 5.75 Å². The molecule has 0 aromatic heterocycles. The Hall–Kier alpha value is -1.20. The molecule has 1 fully saturated rings. The molecular weight excluding hydrogens is 274 g/mol. The smallest absolute Gasteiger partial charge is 0.387 e. The van der Waals surface area contributed by atoms with Crippen molar-refractivity contribution >= 4 is 0 Å². The zero-order valence-corrected chi connectivity index (χ0v) is 12.9. The lowest BCUT2D eigenvalue weighted by Gasteiger charge is -2.43. The monoisotopic (exact) mass is 298 g/mol. The minimum absolute atomic E-state index is 0.0505. The van der Waals surface area contributed by atoms with Gasteiger partial charge in [-0.2, -0.15) is 8.78 Å². The topological polar surface area (TPSA) is 24.5 Å². The van der Waals surface area contributed by atoms with Crippen molar-refractivity contribution in [3.05, 3.63) is 29.8 Å². The first-order valence-corrected chi connectivity index (χ1v) is 7.38. The minimum Gasteiger partial charge on any atom is -0.434 e. The van der Waals surface area contributed by atoms with Gasteiger partial charge in [0.1, 0.15) is 5.75 Å². The van der Waals surface area contributed by atoms with Crippen LogP contribution in [0.2, 0.25) is 0 Å². The molecule has 1 aromatic carbocycles. The molecule has 1 aliphatic rings. The Morgan fingerprint density at radius 1 is 1.14 bits per heavy atom. The molecule has 0 unspecified atom stereocenters. The van der Waals surface area contributed by atoms with E-state index in [9.17, 15) is 8.78 Å². The second-order valence-corrected chi connectivity index (χ2v) is 6.47. The van der Waals surface area contributed by atoms with Gasteiger partial charge in [-0.25, -0.2) is 0 Å². The van der Waals surface area contributed by atoms with Crippen molar-refractivity contribution in [2.75, 3.05) is 26.2 Å². The molecule has 5 heteroatoms. The molecule has 0 bridgehead atoms. The fourth-order valence-corrected chi connectivity index (χ4v) is 3.06. The third-order valence-corrected chi connectivity index (χ3v) is 3.77. The molecule has 0 saturated carbocycles. The van der Waals surface area contributed by atoms with Gasteiger partial charge in [0, 0.05) is 37.8 Å². The first-order valence-electron chi connectivity index (χ1n) is 7.38. The van der Waals surface area contributed by atoms with Crippen molar-refractivity contribution in [1.82, 2.24) is 10.2 Å². The van der Waals surface area contributed by atoms with Crippen molar-refractivity contribution in [1.29, 1.82) is 0 Å². The number of nitrogens with zero attached hydrogens (tertiary/aromatic N) is 1. The van der Waals surface area contributed by atoms with E-state index in [0.717, 1.165) is 31.7 Å². The number of para-hydroxylation sites is 1. The van der Waals surface area contributed by atoms with E-state index in [0.29, 0.717) is 0 Å². The zero-order chi connectivity index (χ0) is 15.5. The predicted octanol–water partition coefficient (Wildman–Crippen LogP) is 3.28. The second kappa shape index (κ2) is 6.71. The lowest BCUT2D eigenvalue weighted by Crippen LogP contribution is -2.48. The Kier molecular flexibility index (Phi) is 5.17. The van der Waals surface area contributed by atoms with Gasteiger partial charge in [-0.15, -0.1) is 0 Å². The Morgan fingerprint density at radius 3 is 2.33 bits per heavy atom. The lowest BCUT2D eigenvalue weighted by molar-refractivity contribution is -0.0522. The molecule has 2 rings (SSSR count). The molecule has 0 spiro atoms. The summed E-state index contributed by atoms with van der Waals surface area (Å²) >= 11 is 0. The molecule has 3 nitrogen and oxygen atoms in total. The maximum Gasteiger partial charge on any atom is 0.387 e. The van der Waals surface area contributed by atoms with Crippen molar-refractivity contribution in [2.45, 2.75) is 33.4 Å². The summed E-state index contributed by atoms with van der Waals surface area (Å²) in [6, 6.07) is 7.19. The highest BCUT2D eigenvalue weighted by Crippen LogP contribution is 2.42. The molecule has 1 saturated heterocycles. The summed E-state index contributed by atoms with van der Waals surface area (Å²) in [4.78, 5) is 2.35. The van der Waals surface area contributed by atoms with Gasteiger partial charge < -0.3 is 10.1 Å². The standard InChI is InChI=1S/C16H24F2N2O/c1-16(2,3)14(20-10-8-19-9-11-20)12-6-4-5-7-13(12)21-15(17)18/h4-7,14-15,19H,8-11H2,1-3H3/t14-/m0/s1.